The van der Waals surface area contributed by atoms with Crippen LogP contribution < -0.4 is 13.3 Å². The van der Waals surface area contributed by atoms with Crippen molar-refractivity contribution in [3.05, 3.63) is 18.2 Å². The maximum absolute atomic E-state index is 11.2. The lowest BCUT2D eigenvalue weighted by Gasteiger charge is -2.23. The highest BCUT2D eigenvalue weighted by molar-refractivity contribution is 7.82. The molecule has 0 saturated carbocycles. The van der Waals surface area contributed by atoms with Crippen LogP contribution >= 0.6 is 0 Å². The van der Waals surface area contributed by atoms with E-state index < -0.39 is 10.4 Å². The molecule has 1 aliphatic heterocycles. The first-order chi connectivity index (χ1) is 8.57. The number of benzene rings is 1. The number of aliphatic hydroxyl groups is 2. The van der Waals surface area contributed by atoms with Crippen molar-refractivity contribution in [3.8, 4) is 11.5 Å². The largest absolute Gasteiger partial charge is 0.501 e. The summed E-state index contributed by atoms with van der Waals surface area (Å²) in [5, 5.41) is 17.9. The third-order valence-electron chi connectivity index (χ3n) is 2.42. The molecule has 2 rings (SSSR count). The van der Waals surface area contributed by atoms with Gasteiger partial charge in [-0.25, -0.2) is 0 Å². The predicted octanol–water partition coefficient (Wildman–Crippen LogP) is -0.506. The molecule has 1 aromatic carbocycles. The van der Waals surface area contributed by atoms with Gasteiger partial charge in [0.1, 0.15) is 0 Å². The molecular formula is C10H13NO6S. The smallest absolute Gasteiger partial charge is 0.395 e. The highest BCUT2D eigenvalue weighted by Crippen LogP contribution is 2.43. The second-order valence-electron chi connectivity index (χ2n) is 3.61. The van der Waals surface area contributed by atoms with E-state index in [1.54, 1.807) is 17.0 Å². The maximum atomic E-state index is 11.2. The Bertz CT molecular complexity index is 523. The lowest BCUT2D eigenvalue weighted by Crippen LogP contribution is -2.29. The minimum Gasteiger partial charge on any atom is -0.395 e. The molecular weight excluding hydrogens is 262 g/mol. The summed E-state index contributed by atoms with van der Waals surface area (Å²) in [6.45, 7) is 0.245. The van der Waals surface area contributed by atoms with Gasteiger partial charge in [-0.3, -0.25) is 0 Å². The molecule has 0 bridgehead atoms. The fourth-order valence-electron chi connectivity index (χ4n) is 1.73. The molecule has 0 radical (unpaired) electrons. The van der Waals surface area contributed by atoms with Gasteiger partial charge in [-0.05, 0) is 12.1 Å². The normalized spacial score (nSPS) is 15.7. The molecule has 1 aliphatic rings. The molecule has 0 unspecified atom stereocenters. The lowest BCUT2D eigenvalue weighted by molar-refractivity contribution is 0.281. The van der Waals surface area contributed by atoms with Crippen LogP contribution in [-0.2, 0) is 10.4 Å². The summed E-state index contributed by atoms with van der Waals surface area (Å²) in [7, 11) is -4.04. The third kappa shape index (κ3) is 2.50. The Morgan fingerprint density at radius 1 is 1.11 bits per heavy atom. The number of anilines is 1. The van der Waals surface area contributed by atoms with Crippen LogP contribution in [0.1, 0.15) is 0 Å². The summed E-state index contributed by atoms with van der Waals surface area (Å²) in [5.74, 6) is 0.188. The van der Waals surface area contributed by atoms with Gasteiger partial charge in [-0.1, -0.05) is 6.07 Å². The predicted molar refractivity (Wildman–Crippen MR) is 63.0 cm³/mol. The highest BCUT2D eigenvalue weighted by atomic mass is 32.3. The molecule has 0 amide bonds. The Labute approximate surface area is 105 Å². The first-order valence-electron chi connectivity index (χ1n) is 5.31. The number of nitrogens with zero attached hydrogens (tertiary/aromatic N) is 1. The number of rotatable bonds is 5. The zero-order chi connectivity index (χ0) is 13.2. The van der Waals surface area contributed by atoms with Crippen molar-refractivity contribution in [2.75, 3.05) is 31.2 Å². The van der Waals surface area contributed by atoms with E-state index in [1.807, 2.05) is 0 Å². The van der Waals surface area contributed by atoms with Crippen molar-refractivity contribution in [2.45, 2.75) is 0 Å². The van der Waals surface area contributed by atoms with Crippen LogP contribution in [0.15, 0.2) is 18.2 Å². The van der Waals surface area contributed by atoms with Crippen molar-refractivity contribution < 1.29 is 27.0 Å². The molecule has 18 heavy (non-hydrogen) atoms. The number of hydrogen-bond acceptors (Lipinski definition) is 7. The van der Waals surface area contributed by atoms with Crippen molar-refractivity contribution in [3.63, 3.8) is 0 Å². The van der Waals surface area contributed by atoms with Gasteiger partial charge < -0.3 is 23.5 Å². The van der Waals surface area contributed by atoms with E-state index in [2.05, 4.69) is 4.18 Å². The zero-order valence-electron chi connectivity index (χ0n) is 9.44. The van der Waals surface area contributed by atoms with E-state index in [0.29, 0.717) is 5.69 Å². The Morgan fingerprint density at radius 2 is 1.78 bits per heavy atom. The molecule has 0 aliphatic carbocycles. The number of fused-ring (bicyclic) bond motifs is 1. The fourth-order valence-corrected chi connectivity index (χ4v) is 2.48. The molecule has 1 heterocycles. The minimum absolute atomic E-state index is 0.0828. The summed E-state index contributed by atoms with van der Waals surface area (Å²) in [6.07, 6.45) is 0. The van der Waals surface area contributed by atoms with Gasteiger partial charge in [0.25, 0.3) is 0 Å². The average Bonchev–Trinajstić information content (AvgIpc) is 2.62. The molecule has 0 atom stereocenters. The first kappa shape index (κ1) is 12.9. The summed E-state index contributed by atoms with van der Waals surface area (Å²) in [5.41, 5.74) is 0.455. The molecule has 100 valence electrons. The Kier molecular flexibility index (Phi) is 3.60. The van der Waals surface area contributed by atoms with E-state index in [9.17, 15) is 8.42 Å². The molecule has 0 fully saturated rings. The molecule has 8 heteroatoms. The van der Waals surface area contributed by atoms with Crippen LogP contribution in [0.5, 0.6) is 11.5 Å². The Hall–Kier alpha value is -1.51. The molecule has 7 nitrogen and oxygen atoms in total. The van der Waals surface area contributed by atoms with Crippen LogP contribution in [0, 0.1) is 0 Å². The summed E-state index contributed by atoms with van der Waals surface area (Å²) in [6, 6.07) is 4.72. The summed E-state index contributed by atoms with van der Waals surface area (Å²) in [4.78, 5) is 1.61. The van der Waals surface area contributed by atoms with Crippen molar-refractivity contribution in [1.82, 2.24) is 0 Å². The van der Waals surface area contributed by atoms with Crippen molar-refractivity contribution in [2.24, 2.45) is 0 Å². The van der Waals surface area contributed by atoms with E-state index in [1.165, 1.54) is 6.07 Å². The van der Waals surface area contributed by atoms with E-state index >= 15 is 0 Å². The Morgan fingerprint density at radius 3 is 2.39 bits per heavy atom. The molecule has 0 spiro atoms. The second-order valence-corrected chi connectivity index (χ2v) is 4.76. The molecule has 0 saturated heterocycles. The standard InChI is InChI=1S/C10H13NO6S/c12-6-4-11(5-7-13)8-2-1-3-9-10(8)17-18(14,15)16-9/h1-3,12-13H,4-7H2. The van der Waals surface area contributed by atoms with Gasteiger partial charge in [0, 0.05) is 13.1 Å². The second kappa shape index (κ2) is 5.01. The van der Waals surface area contributed by atoms with E-state index in [4.69, 9.17) is 14.4 Å². The van der Waals surface area contributed by atoms with Crippen LogP contribution in [0.2, 0.25) is 0 Å². The third-order valence-corrected chi connectivity index (χ3v) is 3.17. The van der Waals surface area contributed by atoms with Crippen LogP contribution in [-0.4, -0.2) is 44.9 Å². The van der Waals surface area contributed by atoms with Gasteiger partial charge in [0.15, 0.2) is 5.75 Å². The molecule has 1 aromatic rings. The van der Waals surface area contributed by atoms with Crippen LogP contribution in [0.3, 0.4) is 0 Å². The lowest BCUT2D eigenvalue weighted by atomic mass is 10.2. The first-order valence-corrected chi connectivity index (χ1v) is 6.64. The SMILES string of the molecule is O=S1(=O)Oc2cccc(N(CCO)CCO)c2O1. The quantitative estimate of drug-likeness (QED) is 0.747. The van der Waals surface area contributed by atoms with Crippen LogP contribution in [0.25, 0.3) is 0 Å². The van der Waals surface area contributed by atoms with Gasteiger partial charge >= 0.3 is 10.4 Å². The van der Waals surface area contributed by atoms with Gasteiger partial charge in [0.05, 0.1) is 18.9 Å². The van der Waals surface area contributed by atoms with Crippen LogP contribution in [0.4, 0.5) is 5.69 Å². The van der Waals surface area contributed by atoms with Gasteiger partial charge in [-0.15, -0.1) is 8.42 Å². The fraction of sp³-hybridized carbons (Fsp3) is 0.400. The number of aliphatic hydroxyl groups excluding tert-OH is 2. The Balaban J connectivity index is 2.38. The summed E-state index contributed by atoms with van der Waals surface area (Å²) >= 11 is 0. The number of hydrogen-bond donors (Lipinski definition) is 2. The van der Waals surface area contributed by atoms with Crippen molar-refractivity contribution >= 4 is 16.1 Å². The van der Waals surface area contributed by atoms with Crippen molar-refractivity contribution in [1.29, 1.82) is 0 Å². The maximum Gasteiger partial charge on any atom is 0.501 e. The molecule has 0 aromatic heterocycles. The zero-order valence-corrected chi connectivity index (χ0v) is 10.3. The minimum atomic E-state index is -4.04. The number of para-hydroxylation sites is 1. The monoisotopic (exact) mass is 275 g/mol. The highest BCUT2D eigenvalue weighted by Gasteiger charge is 2.32. The average molecular weight is 275 g/mol. The van der Waals surface area contributed by atoms with E-state index in [-0.39, 0.29) is 37.8 Å². The van der Waals surface area contributed by atoms with Gasteiger partial charge in [-0.2, -0.15) is 0 Å². The molecule has 2 N–H and O–H groups in total. The van der Waals surface area contributed by atoms with E-state index in [0.717, 1.165) is 0 Å². The van der Waals surface area contributed by atoms with Gasteiger partial charge in [0.2, 0.25) is 5.75 Å². The topological polar surface area (TPSA) is 96.3 Å². The summed E-state index contributed by atoms with van der Waals surface area (Å²) < 4.78 is 31.8.